The highest BCUT2D eigenvalue weighted by molar-refractivity contribution is 7.88. The summed E-state index contributed by atoms with van der Waals surface area (Å²) in [7, 11) is -3.35. The molecule has 0 atom stereocenters. The van der Waals surface area contributed by atoms with Gasteiger partial charge in [0.25, 0.3) is 0 Å². The number of rotatable bonds is 6. The van der Waals surface area contributed by atoms with Crippen molar-refractivity contribution in [3.63, 3.8) is 0 Å². The summed E-state index contributed by atoms with van der Waals surface area (Å²) in [5.41, 5.74) is 7.94. The van der Waals surface area contributed by atoms with E-state index in [2.05, 4.69) is 10.8 Å². The summed E-state index contributed by atoms with van der Waals surface area (Å²) in [5.74, 6) is 0.0145. The van der Waals surface area contributed by atoms with Crippen LogP contribution >= 0.6 is 24.0 Å². The maximum absolute atomic E-state index is 12.5. The fourth-order valence-electron chi connectivity index (χ4n) is 3.81. The van der Waals surface area contributed by atoms with Crippen LogP contribution in [-0.4, -0.2) is 21.0 Å². The smallest absolute Gasteiger partial charge is 0.216 e. The zero-order valence-electron chi connectivity index (χ0n) is 15.1. The Morgan fingerprint density at radius 3 is 2.33 bits per heavy atom. The largest absolute Gasteiger partial charge is 0.330 e. The molecule has 1 saturated carbocycles. The van der Waals surface area contributed by atoms with Gasteiger partial charge < -0.3 is 5.73 Å². The lowest BCUT2D eigenvalue weighted by Crippen LogP contribution is -2.45. The molecular weight excluding hydrogens is 403 g/mol. The van der Waals surface area contributed by atoms with Gasteiger partial charge in [0.05, 0.1) is 5.75 Å². The van der Waals surface area contributed by atoms with Crippen LogP contribution < -0.4 is 10.5 Å². The molecule has 148 valence electrons. The minimum atomic E-state index is -3.35. The van der Waals surface area contributed by atoms with Crippen molar-refractivity contribution < 1.29 is 8.42 Å². The number of nitrogens with one attached hydrogen (secondary N) is 1. The second kappa shape index (κ2) is 9.39. The molecule has 0 heterocycles. The summed E-state index contributed by atoms with van der Waals surface area (Å²) in [6, 6.07) is 17.1. The van der Waals surface area contributed by atoms with Crippen molar-refractivity contribution >= 4 is 34.0 Å². The summed E-state index contributed by atoms with van der Waals surface area (Å²) in [6.45, 7) is 0.539. The average molecular weight is 429 g/mol. The van der Waals surface area contributed by atoms with Crippen molar-refractivity contribution in [2.45, 2.75) is 42.9 Å². The first kappa shape index (κ1) is 22.2. The molecule has 27 heavy (non-hydrogen) atoms. The monoisotopic (exact) mass is 428 g/mol. The van der Waals surface area contributed by atoms with E-state index >= 15 is 0 Å². The number of hydrogen-bond acceptors (Lipinski definition) is 3. The fraction of sp³-hybridized carbons (Fsp3) is 0.400. The van der Waals surface area contributed by atoms with Crippen LogP contribution in [0.15, 0.2) is 54.6 Å². The fourth-order valence-corrected chi connectivity index (χ4v) is 5.45. The van der Waals surface area contributed by atoms with Crippen molar-refractivity contribution in [2.24, 2.45) is 5.73 Å². The summed E-state index contributed by atoms with van der Waals surface area (Å²) in [4.78, 5) is 0. The number of benzene rings is 2. The van der Waals surface area contributed by atoms with Crippen LogP contribution in [0.1, 0.15) is 36.8 Å². The normalized spacial score (nSPS) is 22.8. The predicted octanol–water partition coefficient (Wildman–Crippen LogP) is 4.02. The summed E-state index contributed by atoms with van der Waals surface area (Å²) >= 11 is 6.14. The van der Waals surface area contributed by atoms with Crippen molar-refractivity contribution in [1.29, 1.82) is 0 Å². The summed E-state index contributed by atoms with van der Waals surface area (Å²) in [6.07, 6.45) is 3.25. The van der Waals surface area contributed by atoms with Crippen LogP contribution in [0.25, 0.3) is 0 Å². The lowest BCUT2D eigenvalue weighted by Gasteiger charge is -2.40. The van der Waals surface area contributed by atoms with Gasteiger partial charge in [-0.15, -0.1) is 12.4 Å². The van der Waals surface area contributed by atoms with Crippen LogP contribution in [-0.2, 0) is 21.2 Å². The first-order valence-corrected chi connectivity index (χ1v) is 11.0. The molecule has 2 aromatic rings. The zero-order chi connectivity index (χ0) is 18.6. The van der Waals surface area contributed by atoms with Crippen molar-refractivity contribution in [3.8, 4) is 0 Å². The van der Waals surface area contributed by atoms with Gasteiger partial charge >= 0.3 is 0 Å². The van der Waals surface area contributed by atoms with Gasteiger partial charge in [-0.1, -0.05) is 54.1 Å². The van der Waals surface area contributed by atoms with Gasteiger partial charge in [0, 0.05) is 23.0 Å². The Hall–Kier alpha value is -1.11. The van der Waals surface area contributed by atoms with Gasteiger partial charge in [-0.25, -0.2) is 13.1 Å². The van der Waals surface area contributed by atoms with Gasteiger partial charge in [0.2, 0.25) is 10.0 Å². The molecule has 1 fully saturated rings. The second-order valence-electron chi connectivity index (χ2n) is 7.13. The van der Waals surface area contributed by atoms with E-state index in [4.69, 9.17) is 17.3 Å². The number of sulfonamides is 1. The van der Waals surface area contributed by atoms with E-state index in [1.165, 1.54) is 0 Å². The molecule has 0 radical (unpaired) electrons. The van der Waals surface area contributed by atoms with E-state index in [0.717, 1.165) is 36.8 Å². The molecule has 4 nitrogen and oxygen atoms in total. The van der Waals surface area contributed by atoms with Gasteiger partial charge in [-0.3, -0.25) is 0 Å². The molecule has 0 saturated heterocycles. The number of hydrogen-bond donors (Lipinski definition) is 2. The minimum absolute atomic E-state index is 0. The van der Waals surface area contributed by atoms with Gasteiger partial charge in [0.15, 0.2) is 0 Å². The quantitative estimate of drug-likeness (QED) is 0.729. The third-order valence-corrected chi connectivity index (χ3v) is 6.96. The third kappa shape index (κ3) is 5.69. The SMILES string of the molecule is Cl.NC[C@]1(c2cccc(Cl)c2)CC[C@H](NS(=O)(=O)Cc2ccccc2)CC1. The van der Waals surface area contributed by atoms with E-state index < -0.39 is 10.0 Å². The van der Waals surface area contributed by atoms with Gasteiger partial charge in [-0.2, -0.15) is 0 Å². The Kier molecular flexibility index (Phi) is 7.72. The van der Waals surface area contributed by atoms with E-state index in [1.54, 1.807) is 0 Å². The van der Waals surface area contributed by atoms with Crippen LogP contribution in [0, 0.1) is 0 Å². The molecule has 0 aliphatic heterocycles. The third-order valence-electron chi connectivity index (χ3n) is 5.32. The van der Waals surface area contributed by atoms with Crippen molar-refractivity contribution in [2.75, 3.05) is 6.54 Å². The highest BCUT2D eigenvalue weighted by Crippen LogP contribution is 2.39. The maximum Gasteiger partial charge on any atom is 0.216 e. The van der Waals surface area contributed by atoms with Crippen LogP contribution in [0.5, 0.6) is 0 Å². The zero-order valence-corrected chi connectivity index (χ0v) is 17.5. The van der Waals surface area contributed by atoms with E-state index in [0.29, 0.717) is 11.6 Å². The minimum Gasteiger partial charge on any atom is -0.330 e. The molecule has 0 amide bonds. The van der Waals surface area contributed by atoms with Crippen molar-refractivity contribution in [3.05, 3.63) is 70.7 Å². The Labute approximate surface area is 173 Å². The topological polar surface area (TPSA) is 72.2 Å². The standard InChI is InChI=1S/C20H25ClN2O2S.ClH/c21-18-8-4-7-17(13-18)20(15-22)11-9-19(10-12-20)23-26(24,25)14-16-5-2-1-3-6-16;/h1-8,13,19,23H,9-12,14-15,22H2;1H/t19-,20-;. The van der Waals surface area contributed by atoms with E-state index in [-0.39, 0.29) is 29.6 Å². The molecule has 0 unspecified atom stereocenters. The lowest BCUT2D eigenvalue weighted by molar-refractivity contribution is 0.267. The Morgan fingerprint density at radius 2 is 1.74 bits per heavy atom. The number of halogens is 2. The van der Waals surface area contributed by atoms with Crippen LogP contribution in [0.3, 0.4) is 0 Å². The molecule has 3 N–H and O–H groups in total. The molecule has 7 heteroatoms. The predicted molar refractivity (Wildman–Crippen MR) is 114 cm³/mol. The highest BCUT2D eigenvalue weighted by Gasteiger charge is 2.36. The Balaban J connectivity index is 0.00000261. The van der Waals surface area contributed by atoms with Gasteiger partial charge in [0.1, 0.15) is 0 Å². The lowest BCUT2D eigenvalue weighted by atomic mass is 9.68. The van der Waals surface area contributed by atoms with E-state index in [9.17, 15) is 8.42 Å². The maximum atomic E-state index is 12.5. The second-order valence-corrected chi connectivity index (χ2v) is 9.32. The first-order chi connectivity index (χ1) is 12.4. The Morgan fingerprint density at radius 1 is 1.07 bits per heavy atom. The number of nitrogens with two attached hydrogens (primary N) is 1. The highest BCUT2D eigenvalue weighted by atomic mass is 35.5. The molecule has 1 aliphatic rings. The molecule has 0 aromatic heterocycles. The van der Waals surface area contributed by atoms with Crippen LogP contribution in [0.4, 0.5) is 0 Å². The first-order valence-electron chi connectivity index (χ1n) is 8.92. The average Bonchev–Trinajstić information content (AvgIpc) is 2.63. The van der Waals surface area contributed by atoms with Crippen LogP contribution in [0.2, 0.25) is 5.02 Å². The molecule has 0 bridgehead atoms. The molecular formula is C20H26Cl2N2O2S. The summed E-state index contributed by atoms with van der Waals surface area (Å²) < 4.78 is 27.8. The van der Waals surface area contributed by atoms with E-state index in [1.807, 2.05) is 48.5 Å². The van der Waals surface area contributed by atoms with Crippen molar-refractivity contribution in [1.82, 2.24) is 4.72 Å². The molecule has 0 spiro atoms. The molecule has 1 aliphatic carbocycles. The molecule has 2 aromatic carbocycles. The summed E-state index contributed by atoms with van der Waals surface area (Å²) in [5, 5.41) is 0.709. The van der Waals surface area contributed by atoms with Gasteiger partial charge in [-0.05, 0) is 48.9 Å². The Bertz CT molecular complexity index is 836. The molecule has 3 rings (SSSR count).